The van der Waals surface area contributed by atoms with Gasteiger partial charge >= 0.3 is 6.18 Å². The van der Waals surface area contributed by atoms with E-state index >= 15 is 0 Å². The molecular formula is C19H25F3N2O. The van der Waals surface area contributed by atoms with E-state index in [0.717, 1.165) is 45.0 Å². The van der Waals surface area contributed by atoms with E-state index in [0.29, 0.717) is 6.42 Å². The molecule has 2 heterocycles. The van der Waals surface area contributed by atoms with Gasteiger partial charge in [0.1, 0.15) is 11.5 Å². The fourth-order valence-electron chi connectivity index (χ4n) is 3.45. The number of rotatable bonds is 7. The van der Waals surface area contributed by atoms with Crippen LogP contribution in [0.15, 0.2) is 18.2 Å². The van der Waals surface area contributed by atoms with Crippen molar-refractivity contribution < 1.29 is 18.0 Å². The lowest BCUT2D eigenvalue weighted by molar-refractivity contribution is -0.141. The normalized spacial score (nSPS) is 20.2. The highest BCUT2D eigenvalue weighted by Gasteiger charge is 2.45. The molecule has 1 aliphatic carbocycles. The van der Waals surface area contributed by atoms with Gasteiger partial charge in [0, 0.05) is 13.0 Å². The molecule has 1 saturated heterocycles. The highest BCUT2D eigenvalue weighted by Crippen LogP contribution is 2.51. The molecule has 0 radical (unpaired) electrons. The zero-order chi connectivity index (χ0) is 18.3. The Morgan fingerprint density at radius 3 is 2.36 bits per heavy atom. The van der Waals surface area contributed by atoms with Crippen LogP contribution in [0.25, 0.3) is 0 Å². The summed E-state index contributed by atoms with van der Waals surface area (Å²) in [6.07, 6.45) is 0.287. The third-order valence-electron chi connectivity index (χ3n) is 5.72. The minimum Gasteiger partial charge on any atom is -0.303 e. The van der Waals surface area contributed by atoms with Crippen molar-refractivity contribution in [1.82, 2.24) is 9.88 Å². The van der Waals surface area contributed by atoms with Crippen LogP contribution in [-0.4, -0.2) is 35.3 Å². The lowest BCUT2D eigenvalue weighted by atomic mass is 9.80. The number of halogens is 3. The fraction of sp³-hybridized carbons (Fsp3) is 0.684. The van der Waals surface area contributed by atoms with E-state index in [9.17, 15) is 18.0 Å². The van der Waals surface area contributed by atoms with E-state index in [-0.39, 0.29) is 16.9 Å². The quantitative estimate of drug-likeness (QED) is 0.735. The monoisotopic (exact) mass is 354 g/mol. The van der Waals surface area contributed by atoms with E-state index < -0.39 is 17.3 Å². The summed E-state index contributed by atoms with van der Waals surface area (Å²) in [6.45, 7) is 6.70. The highest BCUT2D eigenvalue weighted by molar-refractivity contribution is 5.88. The van der Waals surface area contributed by atoms with Crippen LogP contribution in [0.2, 0.25) is 0 Å². The van der Waals surface area contributed by atoms with Crippen molar-refractivity contribution in [3.63, 3.8) is 0 Å². The second-order valence-corrected chi connectivity index (χ2v) is 8.08. The average molecular weight is 354 g/mol. The van der Waals surface area contributed by atoms with Gasteiger partial charge in [0.25, 0.3) is 0 Å². The number of ketones is 1. The minimum absolute atomic E-state index is 0.0331. The first-order valence-corrected chi connectivity index (χ1v) is 8.93. The molecule has 1 aromatic heterocycles. The first-order valence-electron chi connectivity index (χ1n) is 8.93. The van der Waals surface area contributed by atoms with Gasteiger partial charge in [-0.25, -0.2) is 4.98 Å². The van der Waals surface area contributed by atoms with Crippen molar-refractivity contribution in [2.45, 2.75) is 57.5 Å². The Balaban J connectivity index is 1.64. The predicted octanol–water partition coefficient (Wildman–Crippen LogP) is 4.21. The van der Waals surface area contributed by atoms with Crippen LogP contribution in [0.4, 0.5) is 13.2 Å². The van der Waals surface area contributed by atoms with Gasteiger partial charge in [-0.2, -0.15) is 13.2 Å². The summed E-state index contributed by atoms with van der Waals surface area (Å²) in [5.41, 5.74) is -1.50. The Morgan fingerprint density at radius 2 is 1.84 bits per heavy atom. The van der Waals surface area contributed by atoms with Crippen LogP contribution >= 0.6 is 0 Å². The summed E-state index contributed by atoms with van der Waals surface area (Å²) in [4.78, 5) is 18.9. The summed E-state index contributed by atoms with van der Waals surface area (Å²) in [5, 5.41) is 0. The van der Waals surface area contributed by atoms with Gasteiger partial charge in [-0.3, -0.25) is 4.79 Å². The summed E-state index contributed by atoms with van der Waals surface area (Å²) < 4.78 is 38.6. The maximum absolute atomic E-state index is 12.9. The Hall–Kier alpha value is -1.43. The molecule has 1 saturated carbocycles. The van der Waals surface area contributed by atoms with E-state index in [2.05, 4.69) is 9.88 Å². The highest BCUT2D eigenvalue weighted by atomic mass is 19.4. The summed E-state index contributed by atoms with van der Waals surface area (Å²) in [6, 6.07) is 3.78. The molecule has 0 spiro atoms. The molecule has 0 aromatic carbocycles. The van der Waals surface area contributed by atoms with Gasteiger partial charge in [0.05, 0.1) is 11.1 Å². The van der Waals surface area contributed by atoms with Gasteiger partial charge in [-0.1, -0.05) is 6.07 Å². The molecule has 6 heteroatoms. The molecule has 0 unspecified atom stereocenters. The molecule has 3 rings (SSSR count). The second-order valence-electron chi connectivity index (χ2n) is 8.08. The van der Waals surface area contributed by atoms with Gasteiger partial charge in [0.15, 0.2) is 0 Å². The van der Waals surface area contributed by atoms with Crippen molar-refractivity contribution in [3.8, 4) is 0 Å². The van der Waals surface area contributed by atoms with Gasteiger partial charge in [0.2, 0.25) is 0 Å². The third kappa shape index (κ3) is 4.05. The number of nitrogens with zero attached hydrogens (tertiary/aromatic N) is 2. The van der Waals surface area contributed by atoms with Crippen molar-refractivity contribution in [1.29, 1.82) is 0 Å². The molecule has 1 aliphatic heterocycles. The maximum Gasteiger partial charge on any atom is 0.433 e. The Bertz CT molecular complexity index is 646. The number of pyridine rings is 1. The number of hydrogen-bond acceptors (Lipinski definition) is 3. The topological polar surface area (TPSA) is 33.2 Å². The minimum atomic E-state index is -4.50. The first-order chi connectivity index (χ1) is 11.6. The molecule has 25 heavy (non-hydrogen) atoms. The molecule has 2 aliphatic rings. The number of alkyl halides is 3. The number of aromatic nitrogens is 1. The first kappa shape index (κ1) is 18.4. The van der Waals surface area contributed by atoms with Crippen LogP contribution in [0.1, 0.15) is 57.3 Å². The fourth-order valence-corrected chi connectivity index (χ4v) is 3.45. The summed E-state index contributed by atoms with van der Waals surface area (Å²) in [5.74, 6) is -0.0331. The molecule has 2 fully saturated rings. The zero-order valence-corrected chi connectivity index (χ0v) is 14.8. The summed E-state index contributed by atoms with van der Waals surface area (Å²) >= 11 is 0. The molecule has 0 N–H and O–H groups in total. The standard InChI is InChI=1S/C19H25F3N2O/c1-17(2,14-5-3-6-15(23-14)19(20,21)22)16(25)7-8-18(9-10-18)13-24-11-4-12-24/h3,5-6H,4,7-13H2,1-2H3. The van der Waals surface area contributed by atoms with Crippen LogP contribution < -0.4 is 0 Å². The molecule has 0 bridgehead atoms. The predicted molar refractivity (Wildman–Crippen MR) is 89.2 cm³/mol. The molecule has 0 atom stereocenters. The average Bonchev–Trinajstić information content (AvgIpc) is 3.28. The largest absolute Gasteiger partial charge is 0.433 e. The third-order valence-corrected chi connectivity index (χ3v) is 5.72. The smallest absolute Gasteiger partial charge is 0.303 e. The van der Waals surface area contributed by atoms with Gasteiger partial charge in [-0.15, -0.1) is 0 Å². The second kappa shape index (κ2) is 6.38. The van der Waals surface area contributed by atoms with Crippen molar-refractivity contribution in [2.24, 2.45) is 5.41 Å². The Labute approximate surface area is 146 Å². The van der Waals surface area contributed by atoms with Crippen molar-refractivity contribution in [2.75, 3.05) is 19.6 Å². The molecule has 3 nitrogen and oxygen atoms in total. The van der Waals surface area contributed by atoms with Crippen LogP contribution in [-0.2, 0) is 16.4 Å². The lowest BCUT2D eigenvalue weighted by Crippen LogP contribution is -2.41. The van der Waals surface area contributed by atoms with Crippen LogP contribution in [0.5, 0.6) is 0 Å². The van der Waals surface area contributed by atoms with Gasteiger partial charge < -0.3 is 4.90 Å². The Morgan fingerprint density at radius 1 is 1.20 bits per heavy atom. The Kier molecular flexibility index (Phi) is 4.69. The molecule has 1 aromatic rings. The van der Waals surface area contributed by atoms with Crippen LogP contribution in [0.3, 0.4) is 0 Å². The number of hydrogen-bond donors (Lipinski definition) is 0. The molecular weight excluding hydrogens is 329 g/mol. The summed E-state index contributed by atoms with van der Waals surface area (Å²) in [7, 11) is 0. The van der Waals surface area contributed by atoms with Crippen molar-refractivity contribution in [3.05, 3.63) is 29.6 Å². The van der Waals surface area contributed by atoms with E-state index in [1.165, 1.54) is 18.6 Å². The zero-order valence-electron chi connectivity index (χ0n) is 14.8. The number of carbonyl (C=O) groups is 1. The number of likely N-dealkylation sites (tertiary alicyclic amines) is 1. The van der Waals surface area contributed by atoms with Crippen LogP contribution in [0, 0.1) is 5.41 Å². The lowest BCUT2D eigenvalue weighted by Gasteiger charge is -2.34. The SMILES string of the molecule is CC(C)(C(=O)CCC1(CN2CCC2)CC1)c1cccc(C(F)(F)F)n1. The van der Waals surface area contributed by atoms with E-state index in [1.807, 2.05) is 0 Å². The number of Topliss-reactive ketones (excluding diaryl/α,β-unsaturated/α-hetero) is 1. The molecule has 0 amide bonds. The maximum atomic E-state index is 12.9. The van der Waals surface area contributed by atoms with E-state index in [1.54, 1.807) is 13.8 Å². The van der Waals surface area contributed by atoms with Crippen molar-refractivity contribution >= 4 is 5.78 Å². The van der Waals surface area contributed by atoms with E-state index in [4.69, 9.17) is 0 Å². The number of carbonyl (C=O) groups excluding carboxylic acids is 1. The molecule has 138 valence electrons. The van der Waals surface area contributed by atoms with Gasteiger partial charge in [-0.05, 0) is 70.2 Å².